The number of rotatable bonds is 2. The third kappa shape index (κ3) is 2.09. The molecule has 7 heteroatoms. The first-order valence-electron chi connectivity index (χ1n) is 4.78. The van der Waals surface area contributed by atoms with Crippen LogP contribution in [0.3, 0.4) is 0 Å². The molecular weight excluding hydrogens is 258 g/mol. The second kappa shape index (κ2) is 4.31. The van der Waals surface area contributed by atoms with Gasteiger partial charge in [0.15, 0.2) is 10.3 Å². The average molecular weight is 264 g/mol. The van der Waals surface area contributed by atoms with Crippen molar-refractivity contribution in [2.75, 3.05) is 0 Å². The van der Waals surface area contributed by atoms with E-state index in [1.54, 1.807) is 0 Å². The molecule has 0 aliphatic heterocycles. The van der Waals surface area contributed by atoms with E-state index in [4.69, 9.17) is 11.6 Å². The lowest BCUT2D eigenvalue weighted by Crippen LogP contribution is -1.89. The normalized spacial score (nSPS) is 10.9. The van der Waals surface area contributed by atoms with Crippen molar-refractivity contribution < 1.29 is 0 Å². The van der Waals surface area contributed by atoms with E-state index in [9.17, 15) is 0 Å². The number of aromatic nitrogens is 5. The van der Waals surface area contributed by atoms with E-state index < -0.39 is 0 Å². The second-order valence-corrected chi connectivity index (χ2v) is 4.54. The lowest BCUT2D eigenvalue weighted by atomic mass is 10.3. The van der Waals surface area contributed by atoms with Gasteiger partial charge in [-0.25, -0.2) is 15.0 Å². The molecule has 3 rings (SSSR count). The molecule has 0 aliphatic rings. The van der Waals surface area contributed by atoms with Crippen LogP contribution < -0.4 is 0 Å². The van der Waals surface area contributed by atoms with E-state index in [2.05, 4.69) is 25.1 Å². The van der Waals surface area contributed by atoms with Crippen molar-refractivity contribution in [1.29, 1.82) is 0 Å². The Bertz CT molecular complexity index is 655. The molecule has 2 aromatic heterocycles. The largest absolute Gasteiger partial charge is 0.254 e. The zero-order valence-electron chi connectivity index (χ0n) is 8.46. The molecule has 0 spiro atoms. The molecule has 0 saturated heterocycles. The van der Waals surface area contributed by atoms with E-state index in [0.717, 1.165) is 11.0 Å². The summed E-state index contributed by atoms with van der Waals surface area (Å²) in [5.74, 6) is 0. The molecule has 0 atom stereocenters. The lowest BCUT2D eigenvalue weighted by molar-refractivity contribution is 0.967. The summed E-state index contributed by atoms with van der Waals surface area (Å²) < 4.78 is 0. The van der Waals surface area contributed by atoms with Gasteiger partial charge in [-0.05, 0) is 23.9 Å². The fourth-order valence-electron chi connectivity index (χ4n) is 1.36. The molecule has 0 saturated carbocycles. The Hall–Kier alpha value is -1.66. The monoisotopic (exact) mass is 263 g/mol. The molecule has 84 valence electrons. The summed E-state index contributed by atoms with van der Waals surface area (Å²) in [6, 6.07) is 7.57. The van der Waals surface area contributed by atoms with E-state index in [1.165, 1.54) is 18.1 Å². The standard InChI is InChI=1S/C10H6ClN5S/c11-8-9(17-10-12-5-13-16-10)15-7-4-2-1-3-6(7)14-8/h1-5H,(H,12,13,16). The summed E-state index contributed by atoms with van der Waals surface area (Å²) >= 11 is 7.36. The average Bonchev–Trinajstić information content (AvgIpc) is 2.83. The van der Waals surface area contributed by atoms with Crippen molar-refractivity contribution in [2.24, 2.45) is 0 Å². The van der Waals surface area contributed by atoms with Crippen LogP contribution in [0.5, 0.6) is 0 Å². The van der Waals surface area contributed by atoms with E-state index in [0.29, 0.717) is 15.3 Å². The number of hydrogen-bond acceptors (Lipinski definition) is 5. The van der Waals surface area contributed by atoms with Crippen molar-refractivity contribution in [1.82, 2.24) is 25.1 Å². The van der Waals surface area contributed by atoms with Gasteiger partial charge in [-0.2, -0.15) is 5.10 Å². The molecular formula is C10H6ClN5S. The van der Waals surface area contributed by atoms with Gasteiger partial charge in [0.2, 0.25) is 0 Å². The Labute approximate surface area is 106 Å². The minimum absolute atomic E-state index is 0.366. The molecule has 0 radical (unpaired) electrons. The predicted molar refractivity (Wildman–Crippen MR) is 65.1 cm³/mol. The highest BCUT2D eigenvalue weighted by molar-refractivity contribution is 7.99. The fraction of sp³-hybridized carbons (Fsp3) is 0. The first-order chi connectivity index (χ1) is 8.33. The third-order valence-electron chi connectivity index (χ3n) is 2.09. The number of hydrogen-bond donors (Lipinski definition) is 1. The quantitative estimate of drug-likeness (QED) is 0.770. The van der Waals surface area contributed by atoms with Crippen molar-refractivity contribution >= 4 is 34.4 Å². The number of fused-ring (bicyclic) bond motifs is 1. The topological polar surface area (TPSA) is 67.3 Å². The zero-order chi connectivity index (χ0) is 11.7. The molecule has 5 nitrogen and oxygen atoms in total. The third-order valence-corrected chi connectivity index (χ3v) is 3.33. The van der Waals surface area contributed by atoms with Gasteiger partial charge in [0.1, 0.15) is 11.4 Å². The molecule has 3 aromatic rings. The summed E-state index contributed by atoms with van der Waals surface area (Å²) in [7, 11) is 0. The number of nitrogens with one attached hydrogen (secondary N) is 1. The van der Waals surface area contributed by atoms with Crippen LogP contribution in [0, 0.1) is 0 Å². The maximum Gasteiger partial charge on any atom is 0.189 e. The van der Waals surface area contributed by atoms with Crippen LogP contribution in [0.1, 0.15) is 0 Å². The number of nitrogens with zero attached hydrogens (tertiary/aromatic N) is 4. The van der Waals surface area contributed by atoms with Gasteiger partial charge < -0.3 is 0 Å². The Morgan fingerprint density at radius 2 is 1.88 bits per heavy atom. The molecule has 0 aliphatic carbocycles. The Balaban J connectivity index is 2.07. The summed E-state index contributed by atoms with van der Waals surface area (Å²) in [5.41, 5.74) is 1.58. The van der Waals surface area contributed by atoms with Crippen LogP contribution in [-0.2, 0) is 0 Å². The van der Waals surface area contributed by atoms with Crippen LogP contribution in [0.15, 0.2) is 40.8 Å². The lowest BCUT2D eigenvalue weighted by Gasteiger charge is -2.02. The summed E-state index contributed by atoms with van der Waals surface area (Å²) in [4.78, 5) is 12.7. The smallest absolute Gasteiger partial charge is 0.189 e. The van der Waals surface area contributed by atoms with Crippen molar-refractivity contribution in [3.05, 3.63) is 35.7 Å². The molecule has 0 amide bonds. The van der Waals surface area contributed by atoms with Gasteiger partial charge in [-0.15, -0.1) is 0 Å². The van der Waals surface area contributed by atoms with Gasteiger partial charge in [-0.1, -0.05) is 23.7 Å². The van der Waals surface area contributed by atoms with Crippen LogP contribution >= 0.6 is 23.4 Å². The second-order valence-electron chi connectivity index (χ2n) is 3.20. The minimum atomic E-state index is 0.366. The van der Waals surface area contributed by atoms with E-state index in [1.807, 2.05) is 24.3 Å². The predicted octanol–water partition coefficient (Wildman–Crippen LogP) is 2.55. The van der Waals surface area contributed by atoms with Gasteiger partial charge in [0.05, 0.1) is 11.0 Å². The van der Waals surface area contributed by atoms with Crippen molar-refractivity contribution in [3.63, 3.8) is 0 Å². The first-order valence-corrected chi connectivity index (χ1v) is 5.98. The van der Waals surface area contributed by atoms with Crippen LogP contribution in [0.25, 0.3) is 11.0 Å². The van der Waals surface area contributed by atoms with Gasteiger partial charge in [0, 0.05) is 0 Å². The minimum Gasteiger partial charge on any atom is -0.254 e. The summed E-state index contributed by atoms with van der Waals surface area (Å²) in [5, 5.41) is 8.11. The Morgan fingerprint density at radius 3 is 2.59 bits per heavy atom. The van der Waals surface area contributed by atoms with Gasteiger partial charge >= 0.3 is 0 Å². The fourth-order valence-corrected chi connectivity index (χ4v) is 2.27. The van der Waals surface area contributed by atoms with Crippen molar-refractivity contribution in [2.45, 2.75) is 10.2 Å². The number of halogens is 1. The maximum absolute atomic E-state index is 6.06. The molecule has 17 heavy (non-hydrogen) atoms. The number of benzene rings is 1. The highest BCUT2D eigenvalue weighted by Crippen LogP contribution is 2.29. The van der Waals surface area contributed by atoms with Crippen LogP contribution in [0.2, 0.25) is 5.15 Å². The molecule has 2 heterocycles. The van der Waals surface area contributed by atoms with Gasteiger partial charge in [-0.3, -0.25) is 5.10 Å². The Kier molecular flexibility index (Phi) is 2.66. The highest BCUT2D eigenvalue weighted by atomic mass is 35.5. The summed E-state index contributed by atoms with van der Waals surface area (Å²) in [6.07, 6.45) is 1.44. The molecule has 0 bridgehead atoms. The molecule has 1 aromatic carbocycles. The van der Waals surface area contributed by atoms with E-state index >= 15 is 0 Å². The van der Waals surface area contributed by atoms with Gasteiger partial charge in [0.25, 0.3) is 0 Å². The number of para-hydroxylation sites is 2. The molecule has 1 N–H and O–H groups in total. The van der Waals surface area contributed by atoms with E-state index in [-0.39, 0.29) is 0 Å². The molecule has 0 fully saturated rings. The van der Waals surface area contributed by atoms with Crippen LogP contribution in [-0.4, -0.2) is 25.1 Å². The maximum atomic E-state index is 6.06. The summed E-state index contributed by atoms with van der Waals surface area (Å²) in [6.45, 7) is 0. The highest BCUT2D eigenvalue weighted by Gasteiger charge is 2.09. The Morgan fingerprint density at radius 1 is 1.12 bits per heavy atom. The number of aromatic amines is 1. The zero-order valence-corrected chi connectivity index (χ0v) is 10.0. The SMILES string of the molecule is Clc1nc2ccccc2nc1Sc1ncn[nH]1. The van der Waals surface area contributed by atoms with Crippen LogP contribution in [0.4, 0.5) is 0 Å². The van der Waals surface area contributed by atoms with Crippen molar-refractivity contribution in [3.8, 4) is 0 Å². The first kappa shape index (κ1) is 10.5. The molecule has 0 unspecified atom stereocenters. The number of H-pyrrole nitrogens is 1.